The maximum atomic E-state index is 12.6. The third-order valence-corrected chi connectivity index (χ3v) is 4.09. The SMILES string of the molecule is Cc1cccc(O[C@H](C)C(=O)N2CCc3ccccc3C2)c1. The van der Waals surface area contributed by atoms with Gasteiger partial charge in [0, 0.05) is 13.1 Å². The summed E-state index contributed by atoms with van der Waals surface area (Å²) in [6, 6.07) is 16.1. The number of hydrogen-bond acceptors (Lipinski definition) is 2. The minimum Gasteiger partial charge on any atom is -0.481 e. The number of ether oxygens (including phenoxy) is 1. The predicted molar refractivity (Wildman–Crippen MR) is 86.8 cm³/mol. The number of rotatable bonds is 3. The Morgan fingerprint density at radius 1 is 1.14 bits per heavy atom. The highest BCUT2D eigenvalue weighted by Crippen LogP contribution is 2.20. The lowest BCUT2D eigenvalue weighted by atomic mass is 9.99. The molecule has 3 rings (SSSR count). The maximum absolute atomic E-state index is 12.6. The van der Waals surface area contributed by atoms with Gasteiger partial charge < -0.3 is 9.64 Å². The second-order valence-electron chi connectivity index (χ2n) is 5.86. The van der Waals surface area contributed by atoms with Crippen LogP contribution in [0.1, 0.15) is 23.6 Å². The van der Waals surface area contributed by atoms with Crippen LogP contribution in [0.2, 0.25) is 0 Å². The Hall–Kier alpha value is -2.29. The van der Waals surface area contributed by atoms with E-state index in [4.69, 9.17) is 4.74 Å². The van der Waals surface area contributed by atoms with Crippen LogP contribution in [0.4, 0.5) is 0 Å². The van der Waals surface area contributed by atoms with E-state index in [2.05, 4.69) is 18.2 Å². The third kappa shape index (κ3) is 3.14. The quantitative estimate of drug-likeness (QED) is 0.869. The van der Waals surface area contributed by atoms with Crippen molar-refractivity contribution in [3.8, 4) is 5.75 Å². The highest BCUT2D eigenvalue weighted by Gasteiger charge is 2.25. The first-order chi connectivity index (χ1) is 10.6. The first kappa shape index (κ1) is 14.6. The molecular weight excluding hydrogens is 274 g/mol. The van der Waals surface area contributed by atoms with Gasteiger partial charge in [-0.2, -0.15) is 0 Å². The van der Waals surface area contributed by atoms with E-state index in [1.54, 1.807) is 0 Å². The van der Waals surface area contributed by atoms with Gasteiger partial charge in [0.2, 0.25) is 0 Å². The van der Waals surface area contributed by atoms with E-state index in [0.717, 1.165) is 24.3 Å². The van der Waals surface area contributed by atoms with Crippen molar-refractivity contribution in [1.82, 2.24) is 4.90 Å². The van der Waals surface area contributed by atoms with E-state index >= 15 is 0 Å². The molecule has 3 heteroatoms. The van der Waals surface area contributed by atoms with Crippen LogP contribution in [0.5, 0.6) is 5.75 Å². The Labute approximate surface area is 131 Å². The molecule has 0 aliphatic carbocycles. The average molecular weight is 295 g/mol. The molecule has 0 radical (unpaired) electrons. The van der Waals surface area contributed by atoms with Gasteiger partial charge in [0.15, 0.2) is 6.10 Å². The van der Waals surface area contributed by atoms with Crippen LogP contribution in [0.15, 0.2) is 48.5 Å². The van der Waals surface area contributed by atoms with Gasteiger partial charge in [0.05, 0.1) is 0 Å². The molecule has 0 fully saturated rings. The molecule has 2 aromatic rings. The molecule has 0 spiro atoms. The molecule has 0 N–H and O–H groups in total. The van der Waals surface area contributed by atoms with Gasteiger partial charge >= 0.3 is 0 Å². The van der Waals surface area contributed by atoms with E-state index in [1.165, 1.54) is 11.1 Å². The van der Waals surface area contributed by atoms with E-state index in [-0.39, 0.29) is 5.91 Å². The molecule has 0 saturated carbocycles. The summed E-state index contributed by atoms with van der Waals surface area (Å²) in [5.74, 6) is 0.800. The molecular formula is C19H21NO2. The summed E-state index contributed by atoms with van der Waals surface area (Å²) in [6.45, 7) is 5.28. The molecule has 0 unspecified atom stereocenters. The molecule has 2 aromatic carbocycles. The van der Waals surface area contributed by atoms with Crippen LogP contribution >= 0.6 is 0 Å². The Kier molecular flexibility index (Phi) is 4.14. The number of benzene rings is 2. The van der Waals surface area contributed by atoms with Crippen LogP contribution in [0.25, 0.3) is 0 Å². The number of hydrogen-bond donors (Lipinski definition) is 0. The lowest BCUT2D eigenvalue weighted by Gasteiger charge is -2.31. The molecule has 1 atom stereocenters. The minimum absolute atomic E-state index is 0.0519. The molecule has 22 heavy (non-hydrogen) atoms. The molecule has 0 aromatic heterocycles. The van der Waals surface area contributed by atoms with Crippen molar-refractivity contribution in [1.29, 1.82) is 0 Å². The Balaban J connectivity index is 1.67. The molecule has 0 saturated heterocycles. The zero-order valence-corrected chi connectivity index (χ0v) is 13.1. The van der Waals surface area contributed by atoms with Gasteiger partial charge in [0.1, 0.15) is 5.75 Å². The zero-order chi connectivity index (χ0) is 15.5. The summed E-state index contributed by atoms with van der Waals surface area (Å²) in [5, 5.41) is 0. The summed E-state index contributed by atoms with van der Waals surface area (Å²) in [6.07, 6.45) is 0.450. The van der Waals surface area contributed by atoms with Crippen LogP contribution in [-0.4, -0.2) is 23.5 Å². The normalized spacial score (nSPS) is 15.1. The average Bonchev–Trinajstić information content (AvgIpc) is 2.53. The highest BCUT2D eigenvalue weighted by atomic mass is 16.5. The molecule has 0 bridgehead atoms. The second kappa shape index (κ2) is 6.22. The number of carbonyl (C=O) groups is 1. The van der Waals surface area contributed by atoms with E-state index < -0.39 is 6.10 Å². The van der Waals surface area contributed by atoms with Crippen molar-refractivity contribution >= 4 is 5.91 Å². The number of aryl methyl sites for hydroxylation is 1. The molecule has 1 amide bonds. The predicted octanol–water partition coefficient (Wildman–Crippen LogP) is 3.35. The summed E-state index contributed by atoms with van der Waals surface area (Å²) < 4.78 is 5.81. The monoisotopic (exact) mass is 295 g/mol. The van der Waals surface area contributed by atoms with Gasteiger partial charge in [0.25, 0.3) is 5.91 Å². The minimum atomic E-state index is -0.466. The lowest BCUT2D eigenvalue weighted by molar-refractivity contribution is -0.138. The third-order valence-electron chi connectivity index (χ3n) is 4.09. The van der Waals surface area contributed by atoms with Gasteiger partial charge in [-0.25, -0.2) is 0 Å². The smallest absolute Gasteiger partial charge is 0.263 e. The number of fused-ring (bicyclic) bond motifs is 1. The fourth-order valence-corrected chi connectivity index (χ4v) is 2.88. The Bertz CT molecular complexity index is 681. The molecule has 1 heterocycles. The Morgan fingerprint density at radius 2 is 1.91 bits per heavy atom. The standard InChI is InChI=1S/C19H21NO2/c1-14-6-5-9-18(12-14)22-15(2)19(21)20-11-10-16-7-3-4-8-17(16)13-20/h3-9,12,15H,10-11,13H2,1-2H3/t15-/m1/s1. The zero-order valence-electron chi connectivity index (χ0n) is 13.1. The van der Waals surface area contributed by atoms with Crippen molar-refractivity contribution in [2.24, 2.45) is 0 Å². The first-order valence-corrected chi connectivity index (χ1v) is 7.72. The van der Waals surface area contributed by atoms with Gasteiger partial charge in [-0.3, -0.25) is 4.79 Å². The highest BCUT2D eigenvalue weighted by molar-refractivity contribution is 5.81. The van der Waals surface area contributed by atoms with E-state index in [1.807, 2.05) is 49.1 Å². The number of carbonyl (C=O) groups excluding carboxylic acids is 1. The molecule has 1 aliphatic rings. The summed E-state index contributed by atoms with van der Waals surface area (Å²) >= 11 is 0. The van der Waals surface area contributed by atoms with Crippen LogP contribution in [0.3, 0.4) is 0 Å². The number of nitrogens with zero attached hydrogens (tertiary/aromatic N) is 1. The summed E-state index contributed by atoms with van der Waals surface area (Å²) in [7, 11) is 0. The van der Waals surface area contributed by atoms with Crippen LogP contribution in [-0.2, 0) is 17.8 Å². The summed E-state index contributed by atoms with van der Waals surface area (Å²) in [4.78, 5) is 14.5. The van der Waals surface area contributed by atoms with Crippen LogP contribution < -0.4 is 4.74 Å². The molecule has 3 nitrogen and oxygen atoms in total. The lowest BCUT2D eigenvalue weighted by Crippen LogP contribution is -2.43. The van der Waals surface area contributed by atoms with Crippen molar-refractivity contribution in [2.45, 2.75) is 32.9 Å². The van der Waals surface area contributed by atoms with E-state index in [0.29, 0.717) is 6.54 Å². The van der Waals surface area contributed by atoms with Crippen molar-refractivity contribution in [3.63, 3.8) is 0 Å². The number of amides is 1. The largest absolute Gasteiger partial charge is 0.481 e. The maximum Gasteiger partial charge on any atom is 0.263 e. The molecule has 1 aliphatic heterocycles. The Morgan fingerprint density at radius 3 is 2.68 bits per heavy atom. The summed E-state index contributed by atoms with van der Waals surface area (Å²) in [5.41, 5.74) is 3.72. The van der Waals surface area contributed by atoms with Gasteiger partial charge in [-0.1, -0.05) is 36.4 Å². The second-order valence-corrected chi connectivity index (χ2v) is 5.86. The van der Waals surface area contributed by atoms with Crippen molar-refractivity contribution < 1.29 is 9.53 Å². The first-order valence-electron chi connectivity index (χ1n) is 7.72. The fourth-order valence-electron chi connectivity index (χ4n) is 2.88. The van der Waals surface area contributed by atoms with Crippen molar-refractivity contribution in [2.75, 3.05) is 6.54 Å². The molecule has 114 valence electrons. The van der Waals surface area contributed by atoms with Crippen molar-refractivity contribution in [3.05, 3.63) is 65.2 Å². The van der Waals surface area contributed by atoms with Crippen LogP contribution in [0, 0.1) is 6.92 Å². The van der Waals surface area contributed by atoms with Gasteiger partial charge in [-0.05, 0) is 49.1 Å². The topological polar surface area (TPSA) is 29.5 Å². The van der Waals surface area contributed by atoms with E-state index in [9.17, 15) is 4.79 Å². The fraction of sp³-hybridized carbons (Fsp3) is 0.316. The van der Waals surface area contributed by atoms with Gasteiger partial charge in [-0.15, -0.1) is 0 Å².